The highest BCUT2D eigenvalue weighted by atomic mass is 16.6. The third-order valence-electron chi connectivity index (χ3n) is 26.6. The largest absolute Gasteiger partial charge is 0.466 e. The van der Waals surface area contributed by atoms with Crippen molar-refractivity contribution in [2.75, 3.05) is 27.9 Å². The summed E-state index contributed by atoms with van der Waals surface area (Å²) in [5.41, 5.74) is 1.49. The average molecular weight is 1290 g/mol. The molecule has 0 aromatic heterocycles. The minimum Gasteiger partial charge on any atom is -0.466 e. The lowest BCUT2D eigenvalue weighted by Crippen LogP contribution is -2.56. The fraction of sp³-hybridized carbons (Fsp3) is 0.744. The lowest BCUT2D eigenvalue weighted by molar-refractivity contribution is -0.185. The fourth-order valence-corrected chi connectivity index (χ4v) is 23.8. The van der Waals surface area contributed by atoms with E-state index in [1.807, 2.05) is 6.79 Å². The van der Waals surface area contributed by atoms with Crippen LogP contribution in [0.3, 0.4) is 0 Å². The Kier molecular flexibility index (Phi) is 23.6. The van der Waals surface area contributed by atoms with E-state index >= 15 is 0 Å². The predicted octanol–water partition coefficient (Wildman–Crippen LogP) is 13.4. The summed E-state index contributed by atoms with van der Waals surface area (Å²) in [7, 11) is 3.99. The number of ether oxygens (including phenoxy) is 5. The van der Waals surface area contributed by atoms with Crippen molar-refractivity contribution in [1.29, 1.82) is 0 Å². The summed E-state index contributed by atoms with van der Waals surface area (Å²) in [6.07, 6.45) is 32.7. The van der Waals surface area contributed by atoms with Crippen LogP contribution in [0, 0.1) is 148 Å². The number of carbonyl (C=O) groups excluding carboxylic acids is 10. The molecule has 0 N–H and O–H groups in total. The number of esters is 5. The first kappa shape index (κ1) is 71.7. The van der Waals surface area contributed by atoms with E-state index in [1.165, 1.54) is 143 Å². The van der Waals surface area contributed by atoms with Crippen LogP contribution in [0.2, 0.25) is 0 Å². The maximum Gasteiger partial charge on any atom is 0.333 e. The van der Waals surface area contributed by atoms with Gasteiger partial charge >= 0.3 is 29.8 Å². The summed E-state index contributed by atoms with van der Waals surface area (Å²) in [4.78, 5) is 107. The predicted molar refractivity (Wildman–Crippen MR) is 352 cm³/mol. The van der Waals surface area contributed by atoms with Gasteiger partial charge < -0.3 is 33.3 Å². The molecule has 15 heteroatoms. The van der Waals surface area contributed by atoms with E-state index in [2.05, 4.69) is 47.1 Å². The number of aldehydes is 1. The topological polar surface area (TPSA) is 217 Å². The van der Waals surface area contributed by atoms with Crippen molar-refractivity contribution in [3.05, 3.63) is 61.3 Å². The van der Waals surface area contributed by atoms with E-state index in [4.69, 9.17) is 14.3 Å². The molecule has 0 saturated heterocycles. The second-order valence-corrected chi connectivity index (χ2v) is 31.9. The lowest BCUT2D eigenvalue weighted by atomic mass is 9.53. The SMILES string of the molecule is C=C(C)C(=O)OC.C=C(C)C(=O)OC.C=C(C)C(=O)OC.C=C(C)C(=O)OCC1CC2CC1C1C3CCC(C3)C21.C=CC(=O)OC12CC3CC(C1)C(=O)C(C3)C2.C=O.O=C1CC2CC1C1C3CCC(C3)C21.O=C1CC2CCC1C2.O=CC1CC2CC1C1C3CCC(C3)C21. The summed E-state index contributed by atoms with van der Waals surface area (Å²) in [6.45, 7) is 26.3. The Bertz CT molecular complexity index is 2800. The number of carbonyl (C=O) groups is 10. The van der Waals surface area contributed by atoms with Crippen LogP contribution < -0.4 is 0 Å². The van der Waals surface area contributed by atoms with Crippen LogP contribution in [0.25, 0.3) is 0 Å². The molecule has 24 unspecified atom stereocenters. The van der Waals surface area contributed by atoms with Crippen molar-refractivity contribution in [2.45, 2.75) is 187 Å². The number of hydrogen-bond acceptors (Lipinski definition) is 15. The molecular formula is C78H110O15. The van der Waals surface area contributed by atoms with Crippen molar-refractivity contribution in [2.24, 2.45) is 148 Å². The van der Waals surface area contributed by atoms with Crippen LogP contribution in [-0.2, 0) is 71.6 Å². The van der Waals surface area contributed by atoms with Crippen LogP contribution in [-0.4, -0.2) is 93.8 Å². The van der Waals surface area contributed by atoms with Gasteiger partial charge in [0.05, 0.1) is 27.9 Å². The molecule has 0 aliphatic heterocycles. The van der Waals surface area contributed by atoms with Crippen molar-refractivity contribution in [1.82, 2.24) is 0 Å². The number of Topliss-reactive ketones (excluding diaryl/α,β-unsaturated/α-hetero) is 3. The highest BCUT2D eigenvalue weighted by Crippen LogP contribution is 2.71. The molecular weight excluding hydrogens is 1180 g/mol. The first-order valence-corrected chi connectivity index (χ1v) is 35.6. The van der Waals surface area contributed by atoms with E-state index < -0.39 is 0 Å². The zero-order valence-electron chi connectivity index (χ0n) is 57.1. The minimum atomic E-state index is -0.347. The van der Waals surface area contributed by atoms with Crippen LogP contribution in [0.15, 0.2) is 61.3 Å². The third kappa shape index (κ3) is 15.2. The molecule has 0 amide bonds. The lowest BCUT2D eigenvalue weighted by Gasteiger charge is -2.54. The minimum absolute atomic E-state index is 0.156. The normalized spacial score (nSPS) is 41.5. The highest BCUT2D eigenvalue weighted by molar-refractivity contribution is 5.89. The van der Waals surface area contributed by atoms with Gasteiger partial charge in [-0.3, -0.25) is 14.4 Å². The van der Waals surface area contributed by atoms with E-state index in [1.54, 1.807) is 27.7 Å². The molecule has 93 heavy (non-hydrogen) atoms. The van der Waals surface area contributed by atoms with Gasteiger partial charge in [0.1, 0.15) is 36.0 Å². The van der Waals surface area contributed by atoms with Gasteiger partial charge in [-0.15, -0.1) is 0 Å². The zero-order valence-corrected chi connectivity index (χ0v) is 57.1. The Balaban J connectivity index is 0.000000129. The maximum atomic E-state index is 11.9. The first-order valence-electron chi connectivity index (χ1n) is 35.6. The van der Waals surface area contributed by atoms with Gasteiger partial charge in [-0.1, -0.05) is 32.9 Å². The molecule has 0 spiro atoms. The summed E-state index contributed by atoms with van der Waals surface area (Å²) in [6, 6.07) is 0. The quantitative estimate of drug-likeness (QED) is 0.0689. The summed E-state index contributed by atoms with van der Waals surface area (Å²) in [5, 5.41) is 0. The summed E-state index contributed by atoms with van der Waals surface area (Å²) >= 11 is 0. The number of hydrogen-bond donors (Lipinski definition) is 0. The molecule has 24 atom stereocenters. The number of fused-ring (bicyclic) bond motifs is 29. The van der Waals surface area contributed by atoms with Gasteiger partial charge in [0, 0.05) is 70.8 Å². The molecule has 18 aliphatic carbocycles. The smallest absolute Gasteiger partial charge is 0.333 e. The van der Waals surface area contributed by atoms with E-state index in [-0.39, 0.29) is 47.3 Å². The second kappa shape index (κ2) is 30.6. The van der Waals surface area contributed by atoms with E-state index in [0.29, 0.717) is 75.8 Å². The van der Waals surface area contributed by atoms with Gasteiger partial charge in [0.25, 0.3) is 0 Å². The molecule has 18 rings (SSSR count). The Morgan fingerprint density at radius 2 is 0.914 bits per heavy atom. The molecule has 512 valence electrons. The Hall–Kier alpha value is -5.60. The van der Waals surface area contributed by atoms with Gasteiger partial charge in [0.2, 0.25) is 0 Å². The van der Waals surface area contributed by atoms with Crippen molar-refractivity contribution in [3.8, 4) is 0 Å². The molecule has 0 aromatic rings. The first-order chi connectivity index (χ1) is 44.4. The number of ketones is 3. The van der Waals surface area contributed by atoms with E-state index in [9.17, 15) is 43.2 Å². The molecule has 18 saturated carbocycles. The molecule has 18 aliphatic rings. The molecule has 18 fully saturated rings. The fourth-order valence-electron chi connectivity index (χ4n) is 23.8. The molecule has 15 nitrogen and oxygen atoms in total. The zero-order chi connectivity index (χ0) is 67.5. The number of methoxy groups -OCH3 is 3. The van der Waals surface area contributed by atoms with Crippen LogP contribution >= 0.6 is 0 Å². The monoisotopic (exact) mass is 1290 g/mol. The van der Waals surface area contributed by atoms with Crippen LogP contribution in [0.4, 0.5) is 0 Å². The van der Waals surface area contributed by atoms with Crippen LogP contribution in [0.1, 0.15) is 182 Å². The van der Waals surface area contributed by atoms with Crippen LogP contribution in [0.5, 0.6) is 0 Å². The molecule has 18 bridgehead atoms. The maximum absolute atomic E-state index is 11.9. The standard InChI is InChI=1S/C17H24O2.C13H16O3.C13H18O.C12H16O.C7H10O.3C5H8O2.CH2O/c1-9(2)17(18)19-8-13-6-12-7-14(13)16-11-4-3-10(5-11)15(12)16;1-2-11(14)16-13-5-8-3-9(6-13)12(15)10(4-8)7-13;14-6-10-4-9-5-11(10)13-8-2-1-7(3-8)12(9)13;13-10-5-8-4-9(10)12-7-2-1-6(3-7)11(8)12;8-7-4-5-1-2-6(7)3-5;3*1-4(2)5(6)7-3;1-2/h10-16H,1,3-8H2,2H3;2,8-10H,1,3-7H2;6-13H,1-5H2;6-9,11-12H,1-5H2;5-6H,1-4H2;3*1H2,2-3H3;1H2. The number of rotatable bonds is 9. The summed E-state index contributed by atoms with van der Waals surface area (Å²) < 4.78 is 23.8. The van der Waals surface area contributed by atoms with Crippen molar-refractivity contribution < 1.29 is 71.6 Å². The Labute approximate surface area is 554 Å². The Morgan fingerprint density at radius 3 is 1.33 bits per heavy atom. The second-order valence-electron chi connectivity index (χ2n) is 31.9. The summed E-state index contributed by atoms with van der Waals surface area (Å²) in [5.74, 6) is 20.4. The molecule has 0 radical (unpaired) electrons. The van der Waals surface area contributed by atoms with Crippen molar-refractivity contribution >= 4 is 60.3 Å². The van der Waals surface area contributed by atoms with Crippen molar-refractivity contribution in [3.63, 3.8) is 0 Å². The van der Waals surface area contributed by atoms with Gasteiger partial charge in [-0.25, -0.2) is 24.0 Å². The molecule has 0 heterocycles. The van der Waals surface area contributed by atoms with Gasteiger partial charge in [-0.05, 0) is 287 Å². The average Bonchev–Trinajstić information content (AvgIpc) is 0.847. The third-order valence-corrected chi connectivity index (χ3v) is 26.6. The Morgan fingerprint density at radius 1 is 0.462 bits per heavy atom. The van der Waals surface area contributed by atoms with Gasteiger partial charge in [-0.2, -0.15) is 0 Å². The van der Waals surface area contributed by atoms with Gasteiger partial charge in [0.15, 0.2) is 0 Å². The highest BCUT2D eigenvalue weighted by Gasteiger charge is 2.65. The molecule has 0 aromatic carbocycles. The van der Waals surface area contributed by atoms with E-state index in [0.717, 1.165) is 151 Å².